The monoisotopic (exact) mass is 433 g/mol. The van der Waals surface area contributed by atoms with Gasteiger partial charge in [-0.1, -0.05) is 92.7 Å². The van der Waals surface area contributed by atoms with Crippen molar-refractivity contribution in [2.24, 2.45) is 0 Å². The lowest BCUT2D eigenvalue weighted by molar-refractivity contribution is 0.661. The van der Waals surface area contributed by atoms with Gasteiger partial charge in [-0.05, 0) is 50.7 Å². The molecule has 0 fully saturated rings. The molecular weight excluding hydrogens is 414 g/mol. The van der Waals surface area contributed by atoms with E-state index in [0.29, 0.717) is 11.6 Å². The van der Waals surface area contributed by atoms with Crippen molar-refractivity contribution in [3.63, 3.8) is 0 Å². The van der Waals surface area contributed by atoms with Crippen molar-refractivity contribution >= 4 is 22.4 Å². The number of hydrogen-bond acceptors (Lipinski definition) is 3. The highest BCUT2D eigenvalue weighted by Gasteiger charge is 2.37. The highest BCUT2D eigenvalue weighted by atomic mass is 35.5. The first-order chi connectivity index (χ1) is 15.5. The van der Waals surface area contributed by atoms with Crippen LogP contribution in [0.25, 0.3) is 44.7 Å². The summed E-state index contributed by atoms with van der Waals surface area (Å²) in [5.74, 6) is 1.18. The van der Waals surface area contributed by atoms with Crippen LogP contribution >= 0.6 is 11.6 Å². The molecular formula is C28H20ClN3. The van der Waals surface area contributed by atoms with E-state index < -0.39 is 0 Å². The second-order valence-electron chi connectivity index (χ2n) is 8.71. The molecule has 3 nitrogen and oxygen atoms in total. The van der Waals surface area contributed by atoms with E-state index in [2.05, 4.69) is 90.5 Å². The number of hydrogen-bond donors (Lipinski definition) is 0. The first-order valence-corrected chi connectivity index (χ1v) is 11.0. The Kier molecular flexibility index (Phi) is 4.17. The van der Waals surface area contributed by atoms with Gasteiger partial charge in [-0.3, -0.25) is 0 Å². The van der Waals surface area contributed by atoms with Crippen LogP contribution in [0, 0.1) is 0 Å². The van der Waals surface area contributed by atoms with E-state index in [1.165, 1.54) is 27.6 Å². The second-order valence-corrected chi connectivity index (χ2v) is 9.05. The fourth-order valence-electron chi connectivity index (χ4n) is 4.96. The molecule has 0 radical (unpaired) electrons. The van der Waals surface area contributed by atoms with Crippen LogP contribution in [0.4, 0.5) is 0 Å². The molecule has 0 atom stereocenters. The zero-order valence-corrected chi connectivity index (χ0v) is 18.6. The molecule has 0 amide bonds. The molecule has 4 heteroatoms. The van der Waals surface area contributed by atoms with E-state index in [-0.39, 0.29) is 10.7 Å². The van der Waals surface area contributed by atoms with Crippen LogP contribution in [-0.2, 0) is 5.41 Å². The van der Waals surface area contributed by atoms with Crippen LogP contribution in [0.15, 0.2) is 84.9 Å². The largest absolute Gasteiger partial charge is 0.226 e. The molecule has 4 aromatic carbocycles. The molecule has 154 valence electrons. The fourth-order valence-corrected chi connectivity index (χ4v) is 5.12. The number of nitrogens with zero attached hydrogens (tertiary/aromatic N) is 3. The number of fused-ring (bicyclic) bond motifs is 4. The molecule has 0 spiro atoms. The summed E-state index contributed by atoms with van der Waals surface area (Å²) >= 11 is 6.42. The summed E-state index contributed by atoms with van der Waals surface area (Å²) in [5.41, 5.74) is 6.80. The van der Waals surface area contributed by atoms with Gasteiger partial charge < -0.3 is 0 Å². The van der Waals surface area contributed by atoms with E-state index in [1.807, 2.05) is 18.2 Å². The predicted molar refractivity (Wildman–Crippen MR) is 131 cm³/mol. The Bertz CT molecular complexity index is 1520. The van der Waals surface area contributed by atoms with Gasteiger partial charge in [-0.15, -0.1) is 0 Å². The quantitative estimate of drug-likeness (QED) is 0.292. The summed E-state index contributed by atoms with van der Waals surface area (Å²) in [4.78, 5) is 13.9. The minimum absolute atomic E-state index is 0.162. The molecule has 1 heterocycles. The van der Waals surface area contributed by atoms with Crippen LogP contribution in [0.1, 0.15) is 25.0 Å². The molecule has 32 heavy (non-hydrogen) atoms. The van der Waals surface area contributed by atoms with Gasteiger partial charge in [0.15, 0.2) is 11.6 Å². The summed E-state index contributed by atoms with van der Waals surface area (Å²) in [5, 5.41) is 2.52. The Morgan fingerprint density at radius 2 is 1.31 bits per heavy atom. The predicted octanol–water partition coefficient (Wildman–Crippen LogP) is 7.32. The highest BCUT2D eigenvalue weighted by molar-refractivity contribution is 6.28. The van der Waals surface area contributed by atoms with Gasteiger partial charge in [0, 0.05) is 16.5 Å². The van der Waals surface area contributed by atoms with E-state index >= 15 is 0 Å². The van der Waals surface area contributed by atoms with Gasteiger partial charge in [-0.25, -0.2) is 4.98 Å². The zero-order valence-electron chi connectivity index (χ0n) is 17.8. The van der Waals surface area contributed by atoms with Gasteiger partial charge in [0.2, 0.25) is 5.28 Å². The van der Waals surface area contributed by atoms with E-state index in [4.69, 9.17) is 16.6 Å². The molecule has 0 N–H and O–H groups in total. The van der Waals surface area contributed by atoms with Crippen molar-refractivity contribution in [1.29, 1.82) is 0 Å². The first-order valence-electron chi connectivity index (χ1n) is 10.7. The smallest absolute Gasteiger partial charge is 0.208 e. The van der Waals surface area contributed by atoms with E-state index in [9.17, 15) is 0 Å². The molecule has 1 aliphatic rings. The molecule has 5 aromatic rings. The SMILES string of the molecule is CC1(C)c2ccccc2-c2cccc(-c3nc(Cl)nc(-c4ccc5ccccc5c4)n3)c21. The molecule has 0 saturated heterocycles. The van der Waals surface area contributed by atoms with Crippen LogP contribution in [-0.4, -0.2) is 15.0 Å². The van der Waals surface area contributed by atoms with Crippen molar-refractivity contribution in [3.05, 3.63) is 101 Å². The highest BCUT2D eigenvalue weighted by Crippen LogP contribution is 2.51. The van der Waals surface area contributed by atoms with Crippen LogP contribution < -0.4 is 0 Å². The molecule has 1 aromatic heterocycles. The fraction of sp³-hybridized carbons (Fsp3) is 0.107. The molecule has 0 unspecified atom stereocenters. The van der Waals surface area contributed by atoms with Gasteiger partial charge in [-0.2, -0.15) is 9.97 Å². The van der Waals surface area contributed by atoms with Crippen molar-refractivity contribution in [2.75, 3.05) is 0 Å². The lowest BCUT2D eigenvalue weighted by Gasteiger charge is -2.24. The number of rotatable bonds is 2. The van der Waals surface area contributed by atoms with Gasteiger partial charge >= 0.3 is 0 Å². The number of benzene rings is 4. The summed E-state index contributed by atoms with van der Waals surface area (Å²) in [6, 6.07) is 29.4. The Labute approximate surface area is 191 Å². The summed E-state index contributed by atoms with van der Waals surface area (Å²) < 4.78 is 0. The molecule has 1 aliphatic carbocycles. The number of aromatic nitrogens is 3. The van der Waals surface area contributed by atoms with Crippen molar-refractivity contribution in [2.45, 2.75) is 19.3 Å². The second kappa shape index (κ2) is 6.98. The molecule has 6 rings (SSSR count). The van der Waals surface area contributed by atoms with Gasteiger partial charge in [0.05, 0.1) is 0 Å². The minimum Gasteiger partial charge on any atom is -0.208 e. The minimum atomic E-state index is -0.162. The van der Waals surface area contributed by atoms with Crippen molar-refractivity contribution in [3.8, 4) is 33.9 Å². The van der Waals surface area contributed by atoms with E-state index in [1.54, 1.807) is 0 Å². The Morgan fingerprint density at radius 1 is 0.625 bits per heavy atom. The van der Waals surface area contributed by atoms with Gasteiger partial charge in [0.25, 0.3) is 0 Å². The summed E-state index contributed by atoms with van der Waals surface area (Å²) in [7, 11) is 0. The Balaban J connectivity index is 1.55. The zero-order chi connectivity index (χ0) is 21.9. The first kappa shape index (κ1) is 19.1. The standard InChI is InChI=1S/C28H20ClN3/c1-28(2)23-13-6-5-10-20(23)21-11-7-12-22(24(21)28)26-30-25(31-27(29)32-26)19-15-14-17-8-3-4-9-18(17)16-19/h3-16H,1-2H3. The lowest BCUT2D eigenvalue weighted by atomic mass is 9.80. The van der Waals surface area contributed by atoms with Crippen LogP contribution in [0.3, 0.4) is 0 Å². The normalized spacial score (nSPS) is 13.7. The number of halogens is 1. The van der Waals surface area contributed by atoms with Crippen molar-refractivity contribution in [1.82, 2.24) is 15.0 Å². The third-order valence-electron chi connectivity index (χ3n) is 6.44. The molecule has 0 aliphatic heterocycles. The van der Waals surface area contributed by atoms with Crippen LogP contribution in [0.5, 0.6) is 0 Å². The average Bonchev–Trinajstić information content (AvgIpc) is 3.06. The third-order valence-corrected chi connectivity index (χ3v) is 6.61. The maximum atomic E-state index is 6.42. The molecule has 0 bridgehead atoms. The van der Waals surface area contributed by atoms with Crippen LogP contribution in [0.2, 0.25) is 5.28 Å². The van der Waals surface area contributed by atoms with Gasteiger partial charge in [0.1, 0.15) is 0 Å². The molecule has 0 saturated carbocycles. The third kappa shape index (κ3) is 2.85. The lowest BCUT2D eigenvalue weighted by Crippen LogP contribution is -2.16. The maximum absolute atomic E-state index is 6.42. The van der Waals surface area contributed by atoms with E-state index in [0.717, 1.165) is 16.5 Å². The maximum Gasteiger partial charge on any atom is 0.226 e. The van der Waals surface area contributed by atoms with Crippen molar-refractivity contribution < 1.29 is 0 Å². The summed E-state index contributed by atoms with van der Waals surface area (Å²) in [6.45, 7) is 4.52. The summed E-state index contributed by atoms with van der Waals surface area (Å²) in [6.07, 6.45) is 0. The Hall–Kier alpha value is -3.56. The Morgan fingerprint density at radius 3 is 2.19 bits per heavy atom. The average molecular weight is 434 g/mol. The topological polar surface area (TPSA) is 38.7 Å².